The number of benzene rings is 2. The summed E-state index contributed by atoms with van der Waals surface area (Å²) in [5.74, 6) is -0.846. The van der Waals surface area contributed by atoms with E-state index in [0.29, 0.717) is 18.1 Å². The lowest BCUT2D eigenvalue weighted by atomic mass is 10.2. The molecule has 2 aromatic carbocycles. The van der Waals surface area contributed by atoms with Crippen molar-refractivity contribution in [3.63, 3.8) is 0 Å². The second kappa shape index (κ2) is 11.0. The molecule has 3 rings (SSSR count). The number of nitrogens with zero attached hydrogens (tertiary/aromatic N) is 2. The molecule has 1 aromatic heterocycles. The maximum absolute atomic E-state index is 12.7. The Morgan fingerprint density at radius 1 is 0.912 bits per heavy atom. The summed E-state index contributed by atoms with van der Waals surface area (Å²) in [6.45, 7) is 1.28. The van der Waals surface area contributed by atoms with Crippen LogP contribution in [-0.2, 0) is 23.1 Å². The van der Waals surface area contributed by atoms with Crippen LogP contribution in [0.5, 0.6) is 11.5 Å². The molecule has 0 fully saturated rings. The summed E-state index contributed by atoms with van der Waals surface area (Å²) in [6, 6.07) is 15.6. The van der Waals surface area contributed by atoms with Gasteiger partial charge in [-0.15, -0.1) is 0 Å². The van der Waals surface area contributed by atoms with Gasteiger partial charge < -0.3 is 19.9 Å². The molecule has 0 aliphatic rings. The zero-order chi connectivity index (χ0) is 24.7. The molecule has 3 aromatic rings. The smallest absolute Gasteiger partial charge is 0.344 e. The fourth-order valence-electron chi connectivity index (χ4n) is 3.17. The van der Waals surface area contributed by atoms with E-state index >= 15 is 0 Å². The number of nitrogen functional groups attached to an aromatic ring is 1. The zero-order valence-electron chi connectivity index (χ0n) is 18.9. The highest BCUT2D eigenvalue weighted by Gasteiger charge is 2.23. The predicted octanol–water partition coefficient (Wildman–Crippen LogP) is 1.38. The Balaban J connectivity index is 1.67. The monoisotopic (exact) mass is 467 g/mol. The lowest BCUT2D eigenvalue weighted by Crippen LogP contribution is -2.43. The molecule has 0 amide bonds. The molecule has 0 bridgehead atoms. The number of aromatic nitrogens is 2. The van der Waals surface area contributed by atoms with Crippen molar-refractivity contribution in [1.29, 1.82) is 0 Å². The van der Waals surface area contributed by atoms with Crippen molar-refractivity contribution >= 4 is 17.6 Å². The Morgan fingerprint density at radius 3 is 2.15 bits per heavy atom. The summed E-state index contributed by atoms with van der Waals surface area (Å²) in [5, 5.41) is 0. The predicted molar refractivity (Wildman–Crippen MR) is 124 cm³/mol. The molecular weight excluding hydrogens is 442 g/mol. The van der Waals surface area contributed by atoms with Crippen LogP contribution in [0.25, 0.3) is 0 Å². The first kappa shape index (κ1) is 24.3. The van der Waals surface area contributed by atoms with E-state index in [-0.39, 0.29) is 12.4 Å². The van der Waals surface area contributed by atoms with E-state index in [2.05, 4.69) is 0 Å². The molecule has 0 atom stereocenters. The van der Waals surface area contributed by atoms with Gasteiger partial charge in [0.25, 0.3) is 5.56 Å². The Morgan fingerprint density at radius 2 is 1.53 bits per heavy atom. The fourth-order valence-corrected chi connectivity index (χ4v) is 3.17. The van der Waals surface area contributed by atoms with E-state index < -0.39 is 41.8 Å². The van der Waals surface area contributed by atoms with E-state index in [9.17, 15) is 19.2 Å². The number of carbonyl (C=O) groups is 2. The van der Waals surface area contributed by atoms with E-state index in [1.807, 2.05) is 13.0 Å². The zero-order valence-corrected chi connectivity index (χ0v) is 18.9. The molecule has 2 N–H and O–H groups in total. The highest BCUT2D eigenvalue weighted by molar-refractivity contribution is 6.01. The maximum atomic E-state index is 12.7. The lowest BCUT2D eigenvalue weighted by Gasteiger charge is -2.15. The number of carbonyl (C=O) groups excluding carboxylic acids is 2. The quantitative estimate of drug-likeness (QED) is 0.349. The number of rotatable bonds is 10. The second-order valence-corrected chi connectivity index (χ2v) is 7.26. The summed E-state index contributed by atoms with van der Waals surface area (Å²) < 4.78 is 17.5. The highest BCUT2D eigenvalue weighted by Crippen LogP contribution is 2.17. The highest BCUT2D eigenvalue weighted by atomic mass is 16.6. The summed E-state index contributed by atoms with van der Waals surface area (Å²) in [6.07, 6.45) is 0. The van der Waals surface area contributed by atoms with Gasteiger partial charge in [0.05, 0.1) is 13.2 Å². The molecule has 178 valence electrons. The molecule has 0 radical (unpaired) electrons. The van der Waals surface area contributed by atoms with E-state index in [1.165, 1.54) is 7.05 Å². The van der Waals surface area contributed by atoms with Gasteiger partial charge in [-0.05, 0) is 36.8 Å². The molecular formula is C24H25N3O7. The third-order valence-electron chi connectivity index (χ3n) is 4.90. The third kappa shape index (κ3) is 5.71. The molecule has 0 aliphatic carbocycles. The van der Waals surface area contributed by atoms with E-state index in [1.54, 1.807) is 48.5 Å². The Kier molecular flexibility index (Phi) is 7.86. The average molecular weight is 467 g/mol. The van der Waals surface area contributed by atoms with Gasteiger partial charge in [0.15, 0.2) is 13.2 Å². The van der Waals surface area contributed by atoms with Crippen LogP contribution in [0.15, 0.2) is 64.2 Å². The Bertz CT molecular complexity index is 1280. The van der Waals surface area contributed by atoms with Gasteiger partial charge in [0, 0.05) is 7.05 Å². The number of ether oxygens (including phenoxy) is 3. The van der Waals surface area contributed by atoms with E-state index in [0.717, 1.165) is 14.7 Å². The molecule has 10 nitrogen and oxygen atoms in total. The van der Waals surface area contributed by atoms with Crippen molar-refractivity contribution in [2.75, 3.05) is 25.6 Å². The number of anilines is 1. The molecule has 1 heterocycles. The van der Waals surface area contributed by atoms with Gasteiger partial charge >= 0.3 is 11.7 Å². The van der Waals surface area contributed by atoms with E-state index in [4.69, 9.17) is 19.9 Å². The number of Topliss-reactive ketones (excluding diaryl/α,β-unsaturated/α-hetero) is 1. The number of ketones is 1. The van der Waals surface area contributed by atoms with Gasteiger partial charge in [-0.25, -0.2) is 9.59 Å². The largest absolute Gasteiger partial charge is 0.494 e. The first-order valence-corrected chi connectivity index (χ1v) is 10.5. The minimum Gasteiger partial charge on any atom is -0.494 e. The fraction of sp³-hybridized carbons (Fsp3) is 0.250. The summed E-state index contributed by atoms with van der Waals surface area (Å²) in [4.78, 5) is 49.8. The maximum Gasteiger partial charge on any atom is 0.344 e. The van der Waals surface area contributed by atoms with Crippen LogP contribution in [0.3, 0.4) is 0 Å². The van der Waals surface area contributed by atoms with Gasteiger partial charge in [0.2, 0.25) is 5.78 Å². The summed E-state index contributed by atoms with van der Waals surface area (Å²) in [7, 11) is 1.25. The first-order chi connectivity index (χ1) is 16.3. The molecule has 0 aliphatic heterocycles. The number of nitrogens with two attached hydrogens (primary N) is 1. The van der Waals surface area contributed by atoms with Crippen LogP contribution < -0.4 is 26.5 Å². The second-order valence-electron chi connectivity index (χ2n) is 7.26. The number of hydrogen-bond donors (Lipinski definition) is 1. The number of hydrogen-bond acceptors (Lipinski definition) is 8. The number of esters is 1. The van der Waals surface area contributed by atoms with Crippen LogP contribution in [0.4, 0.5) is 5.82 Å². The topological polar surface area (TPSA) is 132 Å². The van der Waals surface area contributed by atoms with Crippen LogP contribution in [-0.4, -0.2) is 40.7 Å². The molecule has 0 saturated carbocycles. The van der Waals surface area contributed by atoms with Gasteiger partial charge in [-0.1, -0.05) is 30.3 Å². The normalized spacial score (nSPS) is 10.5. The van der Waals surface area contributed by atoms with Crippen molar-refractivity contribution in [1.82, 2.24) is 9.13 Å². The lowest BCUT2D eigenvalue weighted by molar-refractivity contribution is -0.144. The SMILES string of the molecule is CCOc1ccc(OCC(=O)OCC(=O)c2c(N)n(Cc3ccccc3)c(=O)n(C)c2=O)cc1. The van der Waals surface area contributed by atoms with Gasteiger partial charge in [0.1, 0.15) is 22.9 Å². The van der Waals surface area contributed by atoms with Crippen molar-refractivity contribution in [3.05, 3.63) is 86.6 Å². The molecule has 34 heavy (non-hydrogen) atoms. The Labute approximate surface area is 195 Å². The van der Waals surface area contributed by atoms with Gasteiger partial charge in [-0.2, -0.15) is 0 Å². The molecule has 0 unspecified atom stereocenters. The first-order valence-electron chi connectivity index (χ1n) is 10.5. The van der Waals surface area contributed by atoms with Crippen molar-refractivity contribution in [2.45, 2.75) is 13.5 Å². The minimum absolute atomic E-state index is 0.0651. The van der Waals surface area contributed by atoms with Crippen molar-refractivity contribution in [2.24, 2.45) is 7.05 Å². The third-order valence-corrected chi connectivity index (χ3v) is 4.90. The van der Waals surface area contributed by atoms with Crippen molar-refractivity contribution < 1.29 is 23.8 Å². The van der Waals surface area contributed by atoms with Crippen LogP contribution in [0.2, 0.25) is 0 Å². The standard InChI is InChI=1S/C24H25N3O7/c1-3-32-17-9-11-18(12-10-17)33-15-20(29)34-14-19(28)21-22(25)27(24(31)26(2)23(21)30)13-16-7-5-4-6-8-16/h4-12H,3,13-15,25H2,1-2H3. The van der Waals surface area contributed by atoms with Crippen LogP contribution >= 0.6 is 0 Å². The minimum atomic E-state index is -0.863. The van der Waals surface area contributed by atoms with Crippen LogP contribution in [0, 0.1) is 0 Å². The molecule has 0 spiro atoms. The average Bonchev–Trinajstić information content (AvgIpc) is 2.84. The summed E-state index contributed by atoms with van der Waals surface area (Å²) in [5.41, 5.74) is 4.84. The Hall–Kier alpha value is -4.34. The van der Waals surface area contributed by atoms with Gasteiger partial charge in [-0.3, -0.25) is 18.7 Å². The summed E-state index contributed by atoms with van der Waals surface area (Å²) >= 11 is 0. The molecule has 10 heteroatoms. The van der Waals surface area contributed by atoms with Crippen molar-refractivity contribution in [3.8, 4) is 11.5 Å². The van der Waals surface area contributed by atoms with Crippen LogP contribution in [0.1, 0.15) is 22.8 Å². The molecule has 0 saturated heterocycles.